The van der Waals surface area contributed by atoms with Crippen LogP contribution in [0.1, 0.15) is 46.9 Å². The number of carbonyl (C=O) groups excluding carboxylic acids is 4. The van der Waals surface area contributed by atoms with Crippen molar-refractivity contribution >= 4 is 75.8 Å². The van der Waals surface area contributed by atoms with Crippen molar-refractivity contribution in [1.29, 1.82) is 0 Å². The molecule has 208 valence electrons. The average molecular weight is 624 g/mol. The quantitative estimate of drug-likeness (QED) is 0.109. The number of para-hydroxylation sites is 1. The summed E-state index contributed by atoms with van der Waals surface area (Å²) in [5, 5.41) is 1.77. The van der Waals surface area contributed by atoms with Crippen molar-refractivity contribution < 1.29 is 28.7 Å². The smallest absolute Gasteiger partial charge is 0.329 e. The van der Waals surface area contributed by atoms with E-state index in [1.165, 1.54) is 0 Å². The fourth-order valence-electron chi connectivity index (χ4n) is 4.06. The SMILES string of the molecule is CCCC[C@H](C(=O)OCC(=O)Nc1ccc(Oc2ccccc2)cc1)N1C(=O)c2c(Cl)c(Cl)c(Cl)c(Cl)c2C1=O. The van der Waals surface area contributed by atoms with E-state index in [4.69, 9.17) is 55.9 Å². The van der Waals surface area contributed by atoms with Crippen LogP contribution in [0.3, 0.4) is 0 Å². The molecule has 1 aliphatic rings. The fourth-order valence-corrected chi connectivity index (χ4v) is 5.07. The van der Waals surface area contributed by atoms with Gasteiger partial charge in [0.25, 0.3) is 17.7 Å². The minimum absolute atomic E-state index is 0.0992. The van der Waals surface area contributed by atoms with Gasteiger partial charge < -0.3 is 14.8 Å². The standard InChI is InChI=1S/C28H22Cl4N2O6/c1-2-3-9-18(34-26(36)20-21(27(34)37)23(30)25(32)24(31)22(20)29)28(38)39-14-19(35)33-15-10-12-17(13-11-15)40-16-7-5-4-6-8-16/h4-8,10-13,18H,2-3,9,14H2,1H3,(H,33,35)/t18-/m1/s1. The van der Waals surface area contributed by atoms with E-state index in [-0.39, 0.29) is 37.6 Å². The highest BCUT2D eigenvalue weighted by Gasteiger charge is 2.47. The summed E-state index contributed by atoms with van der Waals surface area (Å²) >= 11 is 24.6. The number of fused-ring (bicyclic) bond motifs is 1. The molecule has 0 unspecified atom stereocenters. The van der Waals surface area contributed by atoms with Crippen LogP contribution in [-0.4, -0.2) is 41.2 Å². The molecular weight excluding hydrogens is 602 g/mol. The Hall–Kier alpha value is -3.30. The molecular formula is C28H22Cl4N2O6. The number of hydrogen-bond acceptors (Lipinski definition) is 6. The zero-order valence-corrected chi connectivity index (χ0v) is 24.0. The Morgan fingerprint density at radius 3 is 1.93 bits per heavy atom. The van der Waals surface area contributed by atoms with Crippen LogP contribution < -0.4 is 10.1 Å². The highest BCUT2D eigenvalue weighted by Crippen LogP contribution is 2.45. The molecule has 0 fully saturated rings. The molecule has 0 spiro atoms. The van der Waals surface area contributed by atoms with E-state index in [1.54, 1.807) is 24.3 Å². The molecule has 3 aromatic carbocycles. The molecule has 8 nitrogen and oxygen atoms in total. The van der Waals surface area contributed by atoms with E-state index < -0.39 is 36.3 Å². The molecule has 0 aromatic heterocycles. The number of benzene rings is 3. The maximum absolute atomic E-state index is 13.2. The van der Waals surface area contributed by atoms with Gasteiger partial charge in [-0.25, -0.2) is 4.79 Å². The van der Waals surface area contributed by atoms with Crippen molar-refractivity contribution in [3.63, 3.8) is 0 Å². The van der Waals surface area contributed by atoms with Gasteiger partial charge in [-0.2, -0.15) is 0 Å². The lowest BCUT2D eigenvalue weighted by Crippen LogP contribution is -2.46. The average Bonchev–Trinajstić information content (AvgIpc) is 3.21. The number of amides is 3. The van der Waals surface area contributed by atoms with E-state index in [0.717, 1.165) is 4.90 Å². The maximum Gasteiger partial charge on any atom is 0.329 e. The first-order valence-corrected chi connectivity index (χ1v) is 13.7. The number of esters is 1. The summed E-state index contributed by atoms with van der Waals surface area (Å²) in [6.07, 6.45) is 1.25. The van der Waals surface area contributed by atoms with Gasteiger partial charge in [-0.1, -0.05) is 84.4 Å². The molecule has 1 heterocycles. The largest absolute Gasteiger partial charge is 0.457 e. The number of carbonyl (C=O) groups is 4. The molecule has 0 radical (unpaired) electrons. The first-order chi connectivity index (χ1) is 19.1. The second kappa shape index (κ2) is 12.9. The van der Waals surface area contributed by atoms with Crippen LogP contribution in [0.4, 0.5) is 5.69 Å². The predicted molar refractivity (Wildman–Crippen MR) is 153 cm³/mol. The van der Waals surface area contributed by atoms with Gasteiger partial charge in [0.15, 0.2) is 6.61 Å². The van der Waals surface area contributed by atoms with Crippen LogP contribution in [0.15, 0.2) is 54.6 Å². The van der Waals surface area contributed by atoms with E-state index in [1.807, 2.05) is 37.3 Å². The Labute approximate surface area is 250 Å². The Balaban J connectivity index is 1.42. The maximum atomic E-state index is 13.2. The highest BCUT2D eigenvalue weighted by molar-refractivity contribution is 6.55. The van der Waals surface area contributed by atoms with Crippen molar-refractivity contribution in [2.24, 2.45) is 0 Å². The van der Waals surface area contributed by atoms with Gasteiger partial charge in [0.05, 0.1) is 31.2 Å². The minimum Gasteiger partial charge on any atom is -0.457 e. The number of nitrogens with zero attached hydrogens (tertiary/aromatic N) is 1. The summed E-state index contributed by atoms with van der Waals surface area (Å²) in [5.74, 6) is -2.03. The second-order valence-corrected chi connectivity index (χ2v) is 10.3. The van der Waals surface area contributed by atoms with Gasteiger partial charge in [0, 0.05) is 5.69 Å². The summed E-state index contributed by atoms with van der Waals surface area (Å²) in [7, 11) is 0. The fraction of sp³-hybridized carbons (Fsp3) is 0.214. The van der Waals surface area contributed by atoms with Crippen LogP contribution in [0.2, 0.25) is 20.1 Å². The predicted octanol–water partition coefficient (Wildman–Crippen LogP) is 7.43. The normalized spacial score (nSPS) is 13.2. The molecule has 40 heavy (non-hydrogen) atoms. The number of ether oxygens (including phenoxy) is 2. The number of anilines is 1. The molecule has 1 N–H and O–H groups in total. The number of nitrogens with one attached hydrogen (secondary N) is 1. The zero-order valence-electron chi connectivity index (χ0n) is 21.0. The molecule has 1 atom stereocenters. The Bertz CT molecular complexity index is 1420. The topological polar surface area (TPSA) is 102 Å². The first-order valence-electron chi connectivity index (χ1n) is 12.2. The van der Waals surface area contributed by atoms with Gasteiger partial charge in [-0.3, -0.25) is 19.3 Å². The first kappa shape index (κ1) is 29.7. The number of rotatable bonds is 10. The highest BCUT2D eigenvalue weighted by atomic mass is 35.5. The van der Waals surface area contributed by atoms with E-state index in [2.05, 4.69) is 5.32 Å². The number of imide groups is 1. The summed E-state index contributed by atoms with van der Waals surface area (Å²) in [6, 6.07) is 14.5. The molecule has 0 aliphatic carbocycles. The lowest BCUT2D eigenvalue weighted by atomic mass is 10.1. The Kier molecular flexibility index (Phi) is 9.58. The van der Waals surface area contributed by atoms with Gasteiger partial charge in [-0.05, 0) is 42.8 Å². The van der Waals surface area contributed by atoms with Crippen LogP contribution in [-0.2, 0) is 14.3 Å². The van der Waals surface area contributed by atoms with E-state index in [9.17, 15) is 19.2 Å². The van der Waals surface area contributed by atoms with Crippen molar-refractivity contribution in [2.75, 3.05) is 11.9 Å². The van der Waals surface area contributed by atoms with Gasteiger partial charge in [0.1, 0.15) is 17.5 Å². The van der Waals surface area contributed by atoms with Crippen molar-refractivity contribution in [2.45, 2.75) is 32.2 Å². The van der Waals surface area contributed by atoms with Crippen LogP contribution >= 0.6 is 46.4 Å². The van der Waals surface area contributed by atoms with Crippen LogP contribution in [0.25, 0.3) is 0 Å². The number of hydrogen-bond donors (Lipinski definition) is 1. The molecule has 3 amide bonds. The third-order valence-electron chi connectivity index (χ3n) is 6.01. The zero-order chi connectivity index (χ0) is 29.0. The Morgan fingerprint density at radius 2 is 1.38 bits per heavy atom. The Morgan fingerprint density at radius 1 is 0.825 bits per heavy atom. The molecule has 12 heteroatoms. The molecule has 0 bridgehead atoms. The van der Waals surface area contributed by atoms with E-state index in [0.29, 0.717) is 30.0 Å². The lowest BCUT2D eigenvalue weighted by molar-refractivity contribution is -0.151. The summed E-state index contributed by atoms with van der Waals surface area (Å²) in [5.41, 5.74) is -0.0296. The van der Waals surface area contributed by atoms with Gasteiger partial charge >= 0.3 is 5.97 Å². The summed E-state index contributed by atoms with van der Waals surface area (Å²) in [6.45, 7) is 1.23. The lowest BCUT2D eigenvalue weighted by Gasteiger charge is -2.24. The van der Waals surface area contributed by atoms with Crippen LogP contribution in [0, 0.1) is 0 Å². The van der Waals surface area contributed by atoms with Crippen molar-refractivity contribution in [1.82, 2.24) is 4.90 Å². The van der Waals surface area contributed by atoms with Crippen molar-refractivity contribution in [3.05, 3.63) is 85.8 Å². The van der Waals surface area contributed by atoms with Crippen molar-refractivity contribution in [3.8, 4) is 11.5 Å². The molecule has 3 aromatic rings. The third-order valence-corrected chi connectivity index (χ3v) is 7.81. The molecule has 0 saturated carbocycles. The van der Waals surface area contributed by atoms with Gasteiger partial charge in [-0.15, -0.1) is 0 Å². The summed E-state index contributed by atoms with van der Waals surface area (Å²) < 4.78 is 10.9. The minimum atomic E-state index is -1.32. The van der Waals surface area contributed by atoms with Gasteiger partial charge in [0.2, 0.25) is 0 Å². The number of unbranched alkanes of at least 4 members (excludes halogenated alkanes) is 1. The molecule has 1 aliphatic heterocycles. The number of halogens is 4. The molecule has 0 saturated heterocycles. The summed E-state index contributed by atoms with van der Waals surface area (Å²) in [4.78, 5) is 52.8. The third kappa shape index (κ3) is 6.20. The van der Waals surface area contributed by atoms with E-state index >= 15 is 0 Å². The second-order valence-electron chi connectivity index (χ2n) is 8.74. The monoisotopic (exact) mass is 622 g/mol. The van der Waals surface area contributed by atoms with Crippen LogP contribution in [0.5, 0.6) is 11.5 Å². The molecule has 4 rings (SSSR count).